The zero-order chi connectivity index (χ0) is 11.8. The average Bonchev–Trinajstić information content (AvgIpc) is 2.70. The molecule has 16 heavy (non-hydrogen) atoms. The molecule has 1 aliphatic rings. The van der Waals surface area contributed by atoms with Gasteiger partial charge < -0.3 is 14.4 Å². The van der Waals surface area contributed by atoms with Gasteiger partial charge in [0.05, 0.1) is 12.7 Å². The Morgan fingerprint density at radius 3 is 3.06 bits per heavy atom. The molecule has 92 valence electrons. The summed E-state index contributed by atoms with van der Waals surface area (Å²) in [5, 5.41) is 0. The summed E-state index contributed by atoms with van der Waals surface area (Å²) >= 11 is 0. The number of rotatable bonds is 6. The molecule has 0 N–H and O–H groups in total. The highest BCUT2D eigenvalue weighted by atomic mass is 16.5. The maximum absolute atomic E-state index is 11.0. The summed E-state index contributed by atoms with van der Waals surface area (Å²) in [6, 6.07) is 0. The lowest BCUT2D eigenvalue weighted by atomic mass is 10.2. The molecule has 0 radical (unpaired) electrons. The van der Waals surface area contributed by atoms with Crippen LogP contribution < -0.4 is 0 Å². The van der Waals surface area contributed by atoms with Crippen LogP contribution in [-0.4, -0.2) is 50.3 Å². The third-order valence-electron chi connectivity index (χ3n) is 2.50. The van der Waals surface area contributed by atoms with E-state index < -0.39 is 0 Å². The summed E-state index contributed by atoms with van der Waals surface area (Å²) in [4.78, 5) is 13.2. The Hall–Kier alpha value is -0.870. The summed E-state index contributed by atoms with van der Waals surface area (Å²) in [5.41, 5.74) is 0. The van der Waals surface area contributed by atoms with Crippen LogP contribution >= 0.6 is 0 Å². The van der Waals surface area contributed by atoms with Crippen LogP contribution in [0.3, 0.4) is 0 Å². The van der Waals surface area contributed by atoms with Gasteiger partial charge in [-0.2, -0.15) is 0 Å². The van der Waals surface area contributed by atoms with E-state index in [9.17, 15) is 4.79 Å². The number of ether oxygens (including phenoxy) is 2. The van der Waals surface area contributed by atoms with E-state index in [4.69, 9.17) is 9.47 Å². The number of hydrogen-bond donors (Lipinski definition) is 0. The molecule has 1 heterocycles. The van der Waals surface area contributed by atoms with E-state index >= 15 is 0 Å². The van der Waals surface area contributed by atoms with Crippen LogP contribution in [0.4, 0.5) is 0 Å². The molecule has 1 rings (SSSR count). The van der Waals surface area contributed by atoms with Gasteiger partial charge in [-0.05, 0) is 26.8 Å². The van der Waals surface area contributed by atoms with Gasteiger partial charge in [-0.25, -0.2) is 4.79 Å². The highest BCUT2D eigenvalue weighted by molar-refractivity contribution is 5.81. The predicted octanol–water partition coefficient (Wildman–Crippen LogP) is 1.22. The van der Waals surface area contributed by atoms with Gasteiger partial charge in [-0.3, -0.25) is 0 Å². The van der Waals surface area contributed by atoms with Crippen molar-refractivity contribution in [2.75, 3.05) is 33.4 Å². The second-order valence-electron chi connectivity index (χ2n) is 4.01. The topological polar surface area (TPSA) is 38.8 Å². The second-order valence-corrected chi connectivity index (χ2v) is 4.01. The normalized spacial score (nSPS) is 20.8. The van der Waals surface area contributed by atoms with Crippen LogP contribution in [0, 0.1) is 0 Å². The van der Waals surface area contributed by atoms with Gasteiger partial charge in [0.2, 0.25) is 0 Å². The van der Waals surface area contributed by atoms with Crippen molar-refractivity contribution < 1.29 is 14.3 Å². The number of carbonyl (C=O) groups is 1. The van der Waals surface area contributed by atoms with E-state index in [0.29, 0.717) is 12.7 Å². The SMILES string of the molecule is CCOC(=O)/C=C/CN(C)CC1CCCO1. The highest BCUT2D eigenvalue weighted by Crippen LogP contribution is 2.12. The van der Waals surface area contributed by atoms with Gasteiger partial charge in [-0.1, -0.05) is 6.08 Å². The Morgan fingerprint density at radius 1 is 1.62 bits per heavy atom. The Morgan fingerprint density at radius 2 is 2.44 bits per heavy atom. The molecule has 0 spiro atoms. The number of nitrogens with zero attached hydrogens (tertiary/aromatic N) is 1. The Kier molecular flexibility index (Phi) is 6.11. The summed E-state index contributed by atoms with van der Waals surface area (Å²) in [5.74, 6) is -0.270. The minimum atomic E-state index is -0.270. The molecule has 1 aliphatic heterocycles. The number of likely N-dealkylation sites (N-methyl/N-ethyl adjacent to an activating group) is 1. The molecule has 1 unspecified atom stereocenters. The minimum Gasteiger partial charge on any atom is -0.463 e. The van der Waals surface area contributed by atoms with Crippen molar-refractivity contribution in [1.29, 1.82) is 0 Å². The summed E-state index contributed by atoms with van der Waals surface area (Å²) in [6.07, 6.45) is 5.98. The molecule has 1 saturated heterocycles. The van der Waals surface area contributed by atoms with E-state index in [1.807, 2.05) is 13.1 Å². The molecule has 0 aliphatic carbocycles. The molecule has 0 aromatic carbocycles. The van der Waals surface area contributed by atoms with Crippen molar-refractivity contribution in [3.8, 4) is 0 Å². The van der Waals surface area contributed by atoms with E-state index in [-0.39, 0.29) is 5.97 Å². The van der Waals surface area contributed by atoms with Gasteiger partial charge in [-0.15, -0.1) is 0 Å². The van der Waals surface area contributed by atoms with Crippen molar-refractivity contribution in [3.05, 3.63) is 12.2 Å². The first-order valence-corrected chi connectivity index (χ1v) is 5.85. The molecule has 0 aromatic heterocycles. The predicted molar refractivity (Wildman–Crippen MR) is 62.2 cm³/mol. The molecular formula is C12H21NO3. The third kappa shape index (κ3) is 5.28. The lowest BCUT2D eigenvalue weighted by molar-refractivity contribution is -0.137. The number of carbonyl (C=O) groups excluding carboxylic acids is 1. The van der Waals surface area contributed by atoms with Crippen molar-refractivity contribution >= 4 is 5.97 Å². The second kappa shape index (κ2) is 7.41. The molecule has 1 atom stereocenters. The molecule has 4 heteroatoms. The first-order valence-electron chi connectivity index (χ1n) is 5.85. The standard InChI is InChI=1S/C12H21NO3/c1-3-15-12(14)7-4-8-13(2)10-11-6-5-9-16-11/h4,7,11H,3,5-6,8-10H2,1-2H3/b7-4+. The van der Waals surface area contributed by atoms with Crippen LogP contribution in [0.2, 0.25) is 0 Å². The fourth-order valence-electron chi connectivity index (χ4n) is 1.73. The molecule has 0 bridgehead atoms. The molecule has 0 saturated carbocycles. The Balaban J connectivity index is 2.13. The van der Waals surface area contributed by atoms with Crippen LogP contribution in [0.5, 0.6) is 0 Å². The summed E-state index contributed by atoms with van der Waals surface area (Å²) in [7, 11) is 2.02. The smallest absolute Gasteiger partial charge is 0.330 e. The van der Waals surface area contributed by atoms with Gasteiger partial charge in [0.15, 0.2) is 0 Å². The third-order valence-corrected chi connectivity index (χ3v) is 2.50. The molecule has 0 aromatic rings. The molecule has 0 amide bonds. The van der Waals surface area contributed by atoms with Crippen LogP contribution in [0.1, 0.15) is 19.8 Å². The van der Waals surface area contributed by atoms with Crippen molar-refractivity contribution in [2.45, 2.75) is 25.9 Å². The quantitative estimate of drug-likeness (QED) is 0.505. The summed E-state index contributed by atoms with van der Waals surface area (Å²) < 4.78 is 10.3. The van der Waals surface area contributed by atoms with Crippen molar-refractivity contribution in [3.63, 3.8) is 0 Å². The fourth-order valence-corrected chi connectivity index (χ4v) is 1.73. The zero-order valence-electron chi connectivity index (χ0n) is 10.1. The van der Waals surface area contributed by atoms with Crippen LogP contribution in [0.15, 0.2) is 12.2 Å². The van der Waals surface area contributed by atoms with Crippen LogP contribution in [0.25, 0.3) is 0 Å². The maximum atomic E-state index is 11.0. The maximum Gasteiger partial charge on any atom is 0.330 e. The highest BCUT2D eigenvalue weighted by Gasteiger charge is 2.16. The van der Waals surface area contributed by atoms with Gasteiger partial charge in [0, 0.05) is 25.8 Å². The van der Waals surface area contributed by atoms with E-state index in [1.165, 1.54) is 6.08 Å². The fraction of sp³-hybridized carbons (Fsp3) is 0.750. The Bertz CT molecular complexity index is 234. The number of esters is 1. The van der Waals surface area contributed by atoms with E-state index in [2.05, 4.69) is 4.90 Å². The van der Waals surface area contributed by atoms with Crippen LogP contribution in [-0.2, 0) is 14.3 Å². The zero-order valence-corrected chi connectivity index (χ0v) is 10.1. The van der Waals surface area contributed by atoms with Gasteiger partial charge >= 0.3 is 5.97 Å². The van der Waals surface area contributed by atoms with Crippen molar-refractivity contribution in [2.24, 2.45) is 0 Å². The van der Waals surface area contributed by atoms with Gasteiger partial charge in [0.25, 0.3) is 0 Å². The van der Waals surface area contributed by atoms with E-state index in [1.54, 1.807) is 6.92 Å². The van der Waals surface area contributed by atoms with Gasteiger partial charge in [0.1, 0.15) is 0 Å². The van der Waals surface area contributed by atoms with Crippen molar-refractivity contribution in [1.82, 2.24) is 4.90 Å². The average molecular weight is 227 g/mol. The molecule has 1 fully saturated rings. The minimum absolute atomic E-state index is 0.270. The first-order chi connectivity index (χ1) is 7.72. The molecular weight excluding hydrogens is 206 g/mol. The monoisotopic (exact) mass is 227 g/mol. The lowest BCUT2D eigenvalue weighted by Gasteiger charge is -2.18. The lowest BCUT2D eigenvalue weighted by Crippen LogP contribution is -2.28. The largest absolute Gasteiger partial charge is 0.463 e. The summed E-state index contributed by atoms with van der Waals surface area (Å²) in [6.45, 7) is 4.78. The molecule has 4 nitrogen and oxygen atoms in total. The first kappa shape index (κ1) is 13.2. The Labute approximate surface area is 97.2 Å². The number of hydrogen-bond acceptors (Lipinski definition) is 4. The van der Waals surface area contributed by atoms with E-state index in [0.717, 1.165) is 32.5 Å².